The Morgan fingerprint density at radius 3 is 3.00 bits per heavy atom. The first-order chi connectivity index (χ1) is 10.7. The molecule has 1 aromatic carbocycles. The minimum absolute atomic E-state index is 0.0696. The Kier molecular flexibility index (Phi) is 4.71. The van der Waals surface area contributed by atoms with Crippen molar-refractivity contribution in [3.63, 3.8) is 0 Å². The van der Waals surface area contributed by atoms with Crippen LogP contribution in [-0.2, 0) is 9.47 Å². The van der Waals surface area contributed by atoms with Crippen LogP contribution in [0.5, 0.6) is 5.75 Å². The highest BCUT2D eigenvalue weighted by atomic mass is 16.7. The average molecular weight is 300 g/mol. The molecule has 1 atom stereocenters. The van der Waals surface area contributed by atoms with E-state index in [1.54, 1.807) is 18.2 Å². The zero-order chi connectivity index (χ0) is 15.4. The largest absolute Gasteiger partial charge is 0.452 e. The summed E-state index contributed by atoms with van der Waals surface area (Å²) in [6, 6.07) is 7.28. The van der Waals surface area contributed by atoms with Gasteiger partial charge in [0.2, 0.25) is 5.78 Å². The van der Waals surface area contributed by atoms with Gasteiger partial charge in [0.05, 0.1) is 12.2 Å². The van der Waals surface area contributed by atoms with Gasteiger partial charge in [-0.05, 0) is 50.0 Å². The molecule has 3 rings (SSSR count). The fourth-order valence-corrected chi connectivity index (χ4v) is 2.53. The number of hydrogen-bond acceptors (Lipinski definition) is 4. The van der Waals surface area contributed by atoms with Gasteiger partial charge in [-0.2, -0.15) is 0 Å². The molecular formula is C18H20O4. The summed E-state index contributed by atoms with van der Waals surface area (Å²) in [6.07, 6.45) is 6.81. The predicted molar refractivity (Wildman–Crippen MR) is 82.8 cm³/mol. The highest BCUT2D eigenvalue weighted by Gasteiger charge is 2.26. The van der Waals surface area contributed by atoms with Gasteiger partial charge in [0.25, 0.3) is 0 Å². The third-order valence-corrected chi connectivity index (χ3v) is 3.76. The molecule has 0 aliphatic carbocycles. The van der Waals surface area contributed by atoms with E-state index in [0.29, 0.717) is 23.7 Å². The second-order valence-corrected chi connectivity index (χ2v) is 5.51. The van der Waals surface area contributed by atoms with Gasteiger partial charge in [-0.15, -0.1) is 0 Å². The molecule has 0 amide bonds. The van der Waals surface area contributed by atoms with E-state index < -0.39 is 0 Å². The Morgan fingerprint density at radius 2 is 2.23 bits per heavy atom. The molecule has 0 radical (unpaired) electrons. The predicted octanol–water partition coefficient (Wildman–Crippen LogP) is 3.64. The number of carbonyl (C=O) groups is 1. The van der Waals surface area contributed by atoms with E-state index >= 15 is 0 Å². The van der Waals surface area contributed by atoms with Gasteiger partial charge >= 0.3 is 0 Å². The number of allylic oxidation sites excluding steroid dienone is 3. The van der Waals surface area contributed by atoms with Gasteiger partial charge in [-0.25, -0.2) is 0 Å². The van der Waals surface area contributed by atoms with E-state index in [1.165, 1.54) is 0 Å². The van der Waals surface area contributed by atoms with Gasteiger partial charge in [0.1, 0.15) is 5.75 Å². The lowest BCUT2D eigenvalue weighted by atomic mass is 10.1. The van der Waals surface area contributed by atoms with E-state index in [2.05, 4.69) is 0 Å². The van der Waals surface area contributed by atoms with Gasteiger partial charge in [0, 0.05) is 6.61 Å². The SMILES string of the molecule is CC(=C/COC1CCCCO1)/C=C1\Oc2ccccc2C1=O. The van der Waals surface area contributed by atoms with Crippen molar-refractivity contribution in [2.45, 2.75) is 32.5 Å². The van der Waals surface area contributed by atoms with Crippen LogP contribution < -0.4 is 4.74 Å². The lowest BCUT2D eigenvalue weighted by Gasteiger charge is -2.22. The number of ether oxygens (including phenoxy) is 3. The second-order valence-electron chi connectivity index (χ2n) is 5.51. The molecule has 0 aromatic heterocycles. The maximum absolute atomic E-state index is 12.2. The first kappa shape index (κ1) is 15.0. The average Bonchev–Trinajstić information content (AvgIpc) is 2.85. The summed E-state index contributed by atoms with van der Waals surface area (Å²) in [7, 11) is 0. The number of carbonyl (C=O) groups excluding carboxylic acids is 1. The Hall–Kier alpha value is -1.91. The summed E-state index contributed by atoms with van der Waals surface area (Å²) in [4.78, 5) is 12.2. The zero-order valence-corrected chi connectivity index (χ0v) is 12.7. The quantitative estimate of drug-likeness (QED) is 0.796. The van der Waals surface area contributed by atoms with Gasteiger partial charge in [-0.1, -0.05) is 18.2 Å². The fraction of sp³-hybridized carbons (Fsp3) is 0.389. The second kappa shape index (κ2) is 6.90. The Labute approximate surface area is 130 Å². The molecule has 116 valence electrons. The van der Waals surface area contributed by atoms with E-state index in [1.807, 2.05) is 25.1 Å². The standard InChI is InChI=1S/C18H20O4/c1-13(9-11-21-17-8-4-5-10-20-17)12-16-18(19)14-6-2-3-7-15(14)22-16/h2-3,6-7,9,12,17H,4-5,8,10-11H2,1H3/b13-9-,16-12-. The van der Waals surface area contributed by atoms with Crippen LogP contribution in [0.15, 0.2) is 47.7 Å². The Bertz CT molecular complexity index is 609. The van der Waals surface area contributed by atoms with Crippen LogP contribution in [0, 0.1) is 0 Å². The summed E-state index contributed by atoms with van der Waals surface area (Å²) >= 11 is 0. The molecule has 1 unspecified atom stereocenters. The molecule has 22 heavy (non-hydrogen) atoms. The topological polar surface area (TPSA) is 44.8 Å². The summed E-state index contributed by atoms with van der Waals surface area (Å²) in [5, 5.41) is 0. The number of rotatable bonds is 4. The van der Waals surface area contributed by atoms with Crippen LogP contribution in [0.1, 0.15) is 36.5 Å². The van der Waals surface area contributed by atoms with E-state index in [9.17, 15) is 4.79 Å². The summed E-state index contributed by atoms with van der Waals surface area (Å²) in [5.41, 5.74) is 1.56. The van der Waals surface area contributed by atoms with Gasteiger partial charge < -0.3 is 14.2 Å². The van der Waals surface area contributed by atoms with Crippen molar-refractivity contribution >= 4 is 5.78 Å². The number of para-hydroxylation sites is 1. The maximum Gasteiger partial charge on any atom is 0.231 e. The molecule has 0 bridgehead atoms. The minimum Gasteiger partial charge on any atom is -0.452 e. The van der Waals surface area contributed by atoms with E-state index in [4.69, 9.17) is 14.2 Å². The lowest BCUT2D eigenvalue weighted by molar-refractivity contribution is -0.155. The number of fused-ring (bicyclic) bond motifs is 1. The van der Waals surface area contributed by atoms with Crippen LogP contribution in [0.3, 0.4) is 0 Å². The first-order valence-corrected chi connectivity index (χ1v) is 7.67. The van der Waals surface area contributed by atoms with E-state index in [-0.39, 0.29) is 12.1 Å². The van der Waals surface area contributed by atoms with Crippen LogP contribution in [0.25, 0.3) is 0 Å². The summed E-state index contributed by atoms with van der Waals surface area (Å²) < 4.78 is 16.8. The molecule has 2 heterocycles. The number of ketones is 1. The molecule has 1 saturated heterocycles. The number of benzene rings is 1. The van der Waals surface area contributed by atoms with Crippen LogP contribution >= 0.6 is 0 Å². The molecule has 2 aliphatic heterocycles. The molecular weight excluding hydrogens is 280 g/mol. The fourth-order valence-electron chi connectivity index (χ4n) is 2.53. The van der Waals surface area contributed by atoms with Crippen molar-refractivity contribution < 1.29 is 19.0 Å². The molecule has 0 saturated carbocycles. The van der Waals surface area contributed by atoms with Crippen LogP contribution in [0.4, 0.5) is 0 Å². The number of hydrogen-bond donors (Lipinski definition) is 0. The zero-order valence-electron chi connectivity index (χ0n) is 12.7. The molecule has 2 aliphatic rings. The minimum atomic E-state index is -0.0981. The van der Waals surface area contributed by atoms with Crippen molar-refractivity contribution in [3.8, 4) is 5.75 Å². The molecule has 1 fully saturated rings. The monoisotopic (exact) mass is 300 g/mol. The smallest absolute Gasteiger partial charge is 0.231 e. The summed E-state index contributed by atoms with van der Waals surface area (Å²) in [6.45, 7) is 3.18. The summed E-state index contributed by atoms with van der Waals surface area (Å²) in [5.74, 6) is 0.919. The Balaban J connectivity index is 1.58. The third kappa shape index (κ3) is 3.46. The van der Waals surface area contributed by atoms with Crippen molar-refractivity contribution in [2.75, 3.05) is 13.2 Å². The lowest BCUT2D eigenvalue weighted by Crippen LogP contribution is -2.22. The van der Waals surface area contributed by atoms with Crippen LogP contribution in [-0.4, -0.2) is 25.3 Å². The highest BCUT2D eigenvalue weighted by Crippen LogP contribution is 2.30. The van der Waals surface area contributed by atoms with Gasteiger partial charge in [-0.3, -0.25) is 4.79 Å². The molecule has 1 aromatic rings. The highest BCUT2D eigenvalue weighted by molar-refractivity contribution is 6.12. The normalized spacial score (nSPS) is 23.5. The molecule has 4 nitrogen and oxygen atoms in total. The maximum atomic E-state index is 12.2. The molecule has 4 heteroatoms. The first-order valence-electron chi connectivity index (χ1n) is 7.67. The number of Topliss-reactive ketones (excluding diaryl/α,β-unsaturated/α-hetero) is 1. The molecule has 0 spiro atoms. The van der Waals surface area contributed by atoms with Crippen molar-refractivity contribution in [1.29, 1.82) is 0 Å². The van der Waals surface area contributed by atoms with Crippen molar-refractivity contribution in [2.24, 2.45) is 0 Å². The van der Waals surface area contributed by atoms with Crippen molar-refractivity contribution in [3.05, 3.63) is 53.3 Å². The van der Waals surface area contributed by atoms with Crippen molar-refractivity contribution in [1.82, 2.24) is 0 Å². The molecule has 0 N–H and O–H groups in total. The third-order valence-electron chi connectivity index (χ3n) is 3.76. The van der Waals surface area contributed by atoms with Gasteiger partial charge in [0.15, 0.2) is 12.0 Å². The Morgan fingerprint density at radius 1 is 1.36 bits per heavy atom. The van der Waals surface area contributed by atoms with Crippen LogP contribution in [0.2, 0.25) is 0 Å². The van der Waals surface area contributed by atoms with E-state index in [0.717, 1.165) is 31.4 Å².